The number of fused-ring (bicyclic) bond motifs is 1. The van der Waals surface area contributed by atoms with Gasteiger partial charge in [-0.05, 0) is 29.8 Å². The summed E-state index contributed by atoms with van der Waals surface area (Å²) >= 11 is 0. The molecule has 0 spiro atoms. The summed E-state index contributed by atoms with van der Waals surface area (Å²) in [6.07, 6.45) is 0. The van der Waals surface area contributed by atoms with E-state index < -0.39 is 0 Å². The molecular weight excluding hydrogens is 333 g/mol. The van der Waals surface area contributed by atoms with Crippen LogP contribution in [0.1, 0.15) is 11.1 Å². The van der Waals surface area contributed by atoms with Gasteiger partial charge in [-0.2, -0.15) is 0 Å². The lowest BCUT2D eigenvalue weighted by atomic mass is 10.1. The van der Waals surface area contributed by atoms with Gasteiger partial charge >= 0.3 is 0 Å². The van der Waals surface area contributed by atoms with Crippen molar-refractivity contribution in [2.75, 3.05) is 0 Å². The molecule has 0 radical (unpaired) electrons. The van der Waals surface area contributed by atoms with Crippen LogP contribution in [0.15, 0.2) is 48.5 Å². The number of aromatic nitrogens is 1. The molecule has 5 nitrogen and oxygen atoms in total. The van der Waals surface area contributed by atoms with E-state index in [0.717, 1.165) is 22.2 Å². The van der Waals surface area contributed by atoms with Gasteiger partial charge in [0.1, 0.15) is 11.7 Å². The fourth-order valence-electron chi connectivity index (χ4n) is 2.29. The number of halogens is 2. The predicted octanol–water partition coefficient (Wildman–Crippen LogP) is 3.25. The summed E-state index contributed by atoms with van der Waals surface area (Å²) in [7, 11) is 0. The molecule has 0 aliphatic rings. The van der Waals surface area contributed by atoms with Gasteiger partial charge in [-0.1, -0.05) is 24.3 Å². The molecular formula is C16H17Cl2N5. The SMILES string of the molecule is Cl.Cl.N=C(N)c1ccc(-c2cc3cc(C(=N)N)ccc3[nH]2)cc1. The fraction of sp³-hybridized carbons (Fsp3) is 0. The Morgan fingerprint density at radius 3 is 1.91 bits per heavy atom. The molecule has 0 saturated heterocycles. The number of hydrogen-bond donors (Lipinski definition) is 5. The molecule has 0 amide bonds. The van der Waals surface area contributed by atoms with Gasteiger partial charge in [0.25, 0.3) is 0 Å². The van der Waals surface area contributed by atoms with Crippen LogP contribution in [0.3, 0.4) is 0 Å². The summed E-state index contributed by atoms with van der Waals surface area (Å²) < 4.78 is 0. The Morgan fingerprint density at radius 1 is 0.783 bits per heavy atom. The number of aromatic amines is 1. The van der Waals surface area contributed by atoms with E-state index in [-0.39, 0.29) is 36.5 Å². The van der Waals surface area contributed by atoms with Crippen LogP contribution in [0.5, 0.6) is 0 Å². The largest absolute Gasteiger partial charge is 0.384 e. The van der Waals surface area contributed by atoms with E-state index >= 15 is 0 Å². The van der Waals surface area contributed by atoms with Crippen LogP contribution in [0, 0.1) is 10.8 Å². The van der Waals surface area contributed by atoms with E-state index in [0.29, 0.717) is 11.1 Å². The van der Waals surface area contributed by atoms with Crippen molar-refractivity contribution >= 4 is 47.4 Å². The molecule has 120 valence electrons. The van der Waals surface area contributed by atoms with Crippen LogP contribution in [0.25, 0.3) is 22.2 Å². The van der Waals surface area contributed by atoms with Crippen molar-refractivity contribution in [3.8, 4) is 11.3 Å². The van der Waals surface area contributed by atoms with Gasteiger partial charge < -0.3 is 16.5 Å². The van der Waals surface area contributed by atoms with Crippen molar-refractivity contribution in [2.24, 2.45) is 11.5 Å². The monoisotopic (exact) mass is 349 g/mol. The zero-order valence-corrected chi connectivity index (χ0v) is 13.7. The third-order valence-corrected chi connectivity index (χ3v) is 3.44. The number of amidine groups is 2. The fourth-order valence-corrected chi connectivity index (χ4v) is 2.29. The van der Waals surface area contributed by atoms with Crippen molar-refractivity contribution in [1.82, 2.24) is 4.98 Å². The minimum Gasteiger partial charge on any atom is -0.384 e. The number of rotatable bonds is 3. The van der Waals surface area contributed by atoms with Crippen LogP contribution in [-0.4, -0.2) is 16.7 Å². The second-order valence-corrected chi connectivity index (χ2v) is 4.89. The number of benzene rings is 2. The number of nitrogens with one attached hydrogen (secondary N) is 3. The molecule has 7 N–H and O–H groups in total. The topological polar surface area (TPSA) is 116 Å². The van der Waals surface area contributed by atoms with Crippen LogP contribution in [0.2, 0.25) is 0 Å². The zero-order valence-electron chi connectivity index (χ0n) is 12.1. The molecule has 23 heavy (non-hydrogen) atoms. The van der Waals surface area contributed by atoms with Gasteiger partial charge in [0, 0.05) is 27.7 Å². The molecule has 0 bridgehead atoms. The molecule has 0 unspecified atom stereocenters. The second-order valence-electron chi connectivity index (χ2n) is 4.89. The minimum absolute atomic E-state index is 0. The summed E-state index contributed by atoms with van der Waals surface area (Å²) in [5.41, 5.74) is 15.4. The Bertz CT molecular complexity index is 853. The smallest absolute Gasteiger partial charge is 0.122 e. The molecule has 0 fully saturated rings. The average Bonchev–Trinajstić information content (AvgIpc) is 2.90. The maximum absolute atomic E-state index is 7.48. The van der Waals surface area contributed by atoms with E-state index in [1.54, 1.807) is 0 Å². The molecule has 1 aromatic heterocycles. The van der Waals surface area contributed by atoms with Crippen molar-refractivity contribution in [3.05, 3.63) is 59.7 Å². The van der Waals surface area contributed by atoms with Crippen molar-refractivity contribution in [1.29, 1.82) is 10.8 Å². The molecule has 0 aliphatic heterocycles. The lowest BCUT2D eigenvalue weighted by molar-refractivity contribution is 1.41. The molecule has 2 aromatic carbocycles. The van der Waals surface area contributed by atoms with Gasteiger partial charge in [0.2, 0.25) is 0 Å². The Balaban J connectivity index is 0.00000132. The molecule has 0 atom stereocenters. The van der Waals surface area contributed by atoms with Gasteiger partial charge in [0.15, 0.2) is 0 Å². The van der Waals surface area contributed by atoms with Crippen molar-refractivity contribution < 1.29 is 0 Å². The molecule has 7 heteroatoms. The van der Waals surface area contributed by atoms with E-state index in [1.807, 2.05) is 48.5 Å². The molecule has 0 saturated carbocycles. The Labute approximate surface area is 145 Å². The second kappa shape index (κ2) is 7.17. The third-order valence-electron chi connectivity index (χ3n) is 3.44. The van der Waals surface area contributed by atoms with Gasteiger partial charge in [-0.3, -0.25) is 10.8 Å². The summed E-state index contributed by atoms with van der Waals surface area (Å²) in [4.78, 5) is 3.33. The van der Waals surface area contributed by atoms with E-state index in [9.17, 15) is 0 Å². The molecule has 3 rings (SSSR count). The van der Waals surface area contributed by atoms with E-state index in [1.165, 1.54) is 0 Å². The maximum Gasteiger partial charge on any atom is 0.122 e. The molecule has 1 heterocycles. The van der Waals surface area contributed by atoms with Crippen LogP contribution >= 0.6 is 24.8 Å². The van der Waals surface area contributed by atoms with Crippen LogP contribution < -0.4 is 11.5 Å². The number of H-pyrrole nitrogens is 1. The Hall–Kier alpha value is -2.50. The highest BCUT2D eigenvalue weighted by atomic mass is 35.5. The predicted molar refractivity (Wildman–Crippen MR) is 100 cm³/mol. The quantitative estimate of drug-likeness (QED) is 0.368. The zero-order chi connectivity index (χ0) is 15.0. The molecule has 3 aromatic rings. The standard InChI is InChI=1S/C16H15N5.2ClH/c17-15(18)10-3-1-9(2-4-10)14-8-12-7-11(16(19)20)5-6-13(12)21-14;;/h1-8,21H,(H3,17,18)(H3,19,20);2*1H. The third kappa shape index (κ3) is 3.64. The average molecular weight is 350 g/mol. The first kappa shape index (κ1) is 18.5. The van der Waals surface area contributed by atoms with Crippen molar-refractivity contribution in [2.45, 2.75) is 0 Å². The number of hydrogen-bond acceptors (Lipinski definition) is 2. The summed E-state index contributed by atoms with van der Waals surface area (Å²) in [6, 6.07) is 15.1. The van der Waals surface area contributed by atoms with Crippen LogP contribution in [0.4, 0.5) is 0 Å². The van der Waals surface area contributed by atoms with Gasteiger partial charge in [0.05, 0.1) is 0 Å². The highest BCUT2D eigenvalue weighted by Gasteiger charge is 2.06. The summed E-state index contributed by atoms with van der Waals surface area (Å²) in [5, 5.41) is 15.9. The van der Waals surface area contributed by atoms with E-state index in [4.69, 9.17) is 22.3 Å². The van der Waals surface area contributed by atoms with Gasteiger partial charge in [-0.15, -0.1) is 24.8 Å². The van der Waals surface area contributed by atoms with Crippen molar-refractivity contribution in [3.63, 3.8) is 0 Å². The minimum atomic E-state index is 0. The summed E-state index contributed by atoms with van der Waals surface area (Å²) in [6.45, 7) is 0. The highest BCUT2D eigenvalue weighted by Crippen LogP contribution is 2.25. The maximum atomic E-state index is 7.48. The lowest BCUT2D eigenvalue weighted by Crippen LogP contribution is -2.10. The van der Waals surface area contributed by atoms with Crippen LogP contribution in [-0.2, 0) is 0 Å². The lowest BCUT2D eigenvalue weighted by Gasteiger charge is -2.00. The van der Waals surface area contributed by atoms with E-state index in [2.05, 4.69) is 4.98 Å². The first-order valence-electron chi connectivity index (χ1n) is 6.46. The Morgan fingerprint density at radius 2 is 1.35 bits per heavy atom. The summed E-state index contributed by atoms with van der Waals surface area (Å²) in [5.74, 6) is 0.120. The number of nitrogen functional groups attached to an aromatic ring is 2. The molecule has 0 aliphatic carbocycles. The Kier molecular flexibility index (Phi) is 5.79. The first-order valence-corrected chi connectivity index (χ1v) is 6.46. The van der Waals surface area contributed by atoms with Gasteiger partial charge in [-0.25, -0.2) is 0 Å². The first-order chi connectivity index (χ1) is 10.0. The highest BCUT2D eigenvalue weighted by molar-refractivity contribution is 5.99. The number of nitrogens with two attached hydrogens (primary N) is 2. The normalized spacial score (nSPS) is 9.74.